The summed E-state index contributed by atoms with van der Waals surface area (Å²) in [7, 11) is -3.52. The number of carbonyl (C=O) groups is 2. The summed E-state index contributed by atoms with van der Waals surface area (Å²) in [5.41, 5.74) is 4.01. The summed E-state index contributed by atoms with van der Waals surface area (Å²) in [5.74, 6) is -1.23. The number of esters is 1. The minimum Gasteiger partial charge on any atom is -0.454 e. The summed E-state index contributed by atoms with van der Waals surface area (Å²) in [5, 5.41) is 0.0439. The maximum absolute atomic E-state index is 12.7. The molecule has 0 aliphatic rings. The van der Waals surface area contributed by atoms with E-state index in [1.165, 1.54) is 12.1 Å². The second-order valence-electron chi connectivity index (χ2n) is 7.37. The Hall–Kier alpha value is -2.90. The van der Waals surface area contributed by atoms with E-state index in [1.54, 1.807) is 6.07 Å². The maximum Gasteiger partial charge on any atom is 0.340 e. The molecule has 8 heteroatoms. The molecular weight excluding hydrogens is 438 g/mol. The van der Waals surface area contributed by atoms with E-state index < -0.39 is 22.4 Å². The molecule has 0 aliphatic heterocycles. The molecule has 3 aromatic rings. The Morgan fingerprint density at radius 1 is 0.968 bits per heavy atom. The van der Waals surface area contributed by atoms with Crippen LogP contribution in [0.3, 0.4) is 0 Å². The van der Waals surface area contributed by atoms with Gasteiger partial charge in [0.05, 0.1) is 15.5 Å². The molecule has 0 saturated carbocycles. The van der Waals surface area contributed by atoms with Gasteiger partial charge in [-0.2, -0.15) is 0 Å². The lowest BCUT2D eigenvalue weighted by Gasteiger charge is -2.10. The summed E-state index contributed by atoms with van der Waals surface area (Å²) in [4.78, 5) is 25.1. The molecule has 0 amide bonds. The summed E-state index contributed by atoms with van der Waals surface area (Å²) in [6, 6.07) is 13.4. The van der Waals surface area contributed by atoms with Gasteiger partial charge in [-0.3, -0.25) is 4.79 Å². The van der Waals surface area contributed by atoms with E-state index in [-0.39, 0.29) is 21.3 Å². The van der Waals surface area contributed by atoms with Gasteiger partial charge in [0.1, 0.15) is 0 Å². The fraction of sp³-hybridized carbons (Fsp3) is 0.217. The molecule has 162 valence electrons. The highest BCUT2D eigenvalue weighted by molar-refractivity contribution is 7.90. The molecule has 0 aliphatic carbocycles. The highest BCUT2D eigenvalue weighted by Gasteiger charge is 2.21. The van der Waals surface area contributed by atoms with Crippen molar-refractivity contribution in [2.45, 2.75) is 25.7 Å². The Kier molecular flexibility index (Phi) is 6.38. The van der Waals surface area contributed by atoms with E-state index in [0.717, 1.165) is 35.0 Å². The molecule has 3 rings (SSSR count). The fourth-order valence-corrected chi connectivity index (χ4v) is 4.16. The van der Waals surface area contributed by atoms with Gasteiger partial charge in [0.15, 0.2) is 16.4 Å². The zero-order valence-electron chi connectivity index (χ0n) is 17.6. The molecule has 0 saturated heterocycles. The number of carbonyl (C=O) groups excluding carboxylic acids is 2. The van der Waals surface area contributed by atoms with Gasteiger partial charge >= 0.3 is 5.97 Å². The molecule has 1 heterocycles. The molecule has 0 atom stereocenters. The average molecular weight is 460 g/mol. The summed E-state index contributed by atoms with van der Waals surface area (Å²) in [6.45, 7) is 5.23. The molecule has 31 heavy (non-hydrogen) atoms. The molecule has 0 N–H and O–H groups in total. The predicted molar refractivity (Wildman–Crippen MR) is 119 cm³/mol. The van der Waals surface area contributed by atoms with Crippen LogP contribution in [0.4, 0.5) is 0 Å². The number of Topliss-reactive ketones (excluding diaryl/α,β-unsaturated/α-hetero) is 1. The van der Waals surface area contributed by atoms with Crippen molar-refractivity contribution in [1.29, 1.82) is 0 Å². The van der Waals surface area contributed by atoms with Gasteiger partial charge in [-0.1, -0.05) is 29.3 Å². The average Bonchev–Trinajstić information content (AvgIpc) is 3.00. The van der Waals surface area contributed by atoms with Crippen molar-refractivity contribution in [3.05, 3.63) is 81.6 Å². The van der Waals surface area contributed by atoms with Gasteiger partial charge in [-0.25, -0.2) is 13.2 Å². The van der Waals surface area contributed by atoms with E-state index in [2.05, 4.69) is 0 Å². The van der Waals surface area contributed by atoms with Crippen molar-refractivity contribution in [1.82, 2.24) is 4.57 Å². The Balaban J connectivity index is 1.80. The van der Waals surface area contributed by atoms with Crippen LogP contribution in [-0.2, 0) is 14.6 Å². The van der Waals surface area contributed by atoms with E-state index in [4.69, 9.17) is 16.3 Å². The molecule has 0 fully saturated rings. The predicted octanol–water partition coefficient (Wildman–Crippen LogP) is 4.50. The van der Waals surface area contributed by atoms with Gasteiger partial charge < -0.3 is 9.30 Å². The first-order valence-electron chi connectivity index (χ1n) is 9.45. The van der Waals surface area contributed by atoms with E-state index in [1.807, 2.05) is 49.6 Å². The maximum atomic E-state index is 12.7. The lowest BCUT2D eigenvalue weighted by atomic mass is 10.1. The molecule has 1 aromatic heterocycles. The first-order valence-corrected chi connectivity index (χ1v) is 11.7. The van der Waals surface area contributed by atoms with E-state index in [9.17, 15) is 18.0 Å². The van der Waals surface area contributed by atoms with Crippen LogP contribution in [0.2, 0.25) is 5.02 Å². The molecule has 2 aromatic carbocycles. The van der Waals surface area contributed by atoms with Gasteiger partial charge in [-0.15, -0.1) is 0 Å². The van der Waals surface area contributed by atoms with Crippen LogP contribution in [0.25, 0.3) is 5.69 Å². The summed E-state index contributed by atoms with van der Waals surface area (Å²) in [6.07, 6.45) is 1.03. The third-order valence-corrected chi connectivity index (χ3v) is 6.38. The Morgan fingerprint density at radius 3 is 2.23 bits per heavy atom. The zero-order valence-corrected chi connectivity index (χ0v) is 19.2. The molecule has 0 radical (unpaired) electrons. The van der Waals surface area contributed by atoms with Crippen LogP contribution < -0.4 is 0 Å². The number of benzene rings is 2. The van der Waals surface area contributed by atoms with E-state index in [0.29, 0.717) is 5.56 Å². The summed E-state index contributed by atoms with van der Waals surface area (Å²) < 4.78 is 30.6. The largest absolute Gasteiger partial charge is 0.454 e. The highest BCUT2D eigenvalue weighted by Crippen LogP contribution is 2.23. The lowest BCUT2D eigenvalue weighted by Crippen LogP contribution is -2.15. The topological polar surface area (TPSA) is 82.4 Å². The number of ether oxygens (including phenoxy) is 1. The highest BCUT2D eigenvalue weighted by atomic mass is 35.5. The number of hydrogen-bond donors (Lipinski definition) is 0. The van der Waals surface area contributed by atoms with Crippen LogP contribution in [0.5, 0.6) is 0 Å². The van der Waals surface area contributed by atoms with Gasteiger partial charge in [-0.05, 0) is 57.2 Å². The normalized spacial score (nSPS) is 11.4. The van der Waals surface area contributed by atoms with Crippen LogP contribution in [0, 0.1) is 20.8 Å². The number of rotatable bonds is 6. The fourth-order valence-electron chi connectivity index (χ4n) is 3.31. The second-order valence-corrected chi connectivity index (χ2v) is 9.79. The van der Waals surface area contributed by atoms with Crippen molar-refractivity contribution >= 4 is 33.2 Å². The van der Waals surface area contributed by atoms with Crippen LogP contribution in [0.1, 0.15) is 37.7 Å². The Labute approximate surface area is 186 Å². The minimum absolute atomic E-state index is 0.0439. The van der Waals surface area contributed by atoms with Crippen LogP contribution in [0.15, 0.2) is 53.4 Å². The van der Waals surface area contributed by atoms with Crippen molar-refractivity contribution in [3.8, 4) is 5.69 Å². The van der Waals surface area contributed by atoms with Crippen LogP contribution >= 0.6 is 11.6 Å². The Bertz CT molecular complexity index is 1270. The second kappa shape index (κ2) is 8.69. The number of hydrogen-bond acceptors (Lipinski definition) is 5. The van der Waals surface area contributed by atoms with Crippen molar-refractivity contribution in [2.24, 2.45) is 0 Å². The lowest BCUT2D eigenvalue weighted by molar-refractivity contribution is 0.0474. The first kappa shape index (κ1) is 22.8. The number of aryl methyl sites for hydroxylation is 2. The SMILES string of the molecule is Cc1ccc(-n2c(C)cc(C(=O)COC(=O)c3cc(S(C)(=O)=O)ccc3Cl)c2C)cc1. The van der Waals surface area contributed by atoms with Gasteiger partial charge in [0.2, 0.25) is 5.78 Å². The number of sulfone groups is 1. The monoisotopic (exact) mass is 459 g/mol. The third kappa shape index (κ3) is 4.89. The number of halogens is 1. The van der Waals surface area contributed by atoms with Crippen molar-refractivity contribution < 1.29 is 22.7 Å². The Morgan fingerprint density at radius 2 is 1.61 bits per heavy atom. The molecule has 0 unspecified atom stereocenters. The molecule has 6 nitrogen and oxygen atoms in total. The minimum atomic E-state index is -3.52. The van der Waals surface area contributed by atoms with Crippen LogP contribution in [-0.4, -0.2) is 37.6 Å². The molecule has 0 spiro atoms. The van der Waals surface area contributed by atoms with Crippen molar-refractivity contribution in [3.63, 3.8) is 0 Å². The smallest absolute Gasteiger partial charge is 0.340 e. The molecular formula is C23H22ClNO5S. The standard InChI is InChI=1S/C23H22ClNO5S/c1-14-5-7-17(8-6-14)25-15(2)11-19(16(25)3)22(26)13-30-23(27)20-12-18(31(4,28)29)9-10-21(20)24/h5-12H,13H2,1-4H3. The number of nitrogens with zero attached hydrogens (tertiary/aromatic N) is 1. The quantitative estimate of drug-likeness (QED) is 0.400. The first-order chi connectivity index (χ1) is 14.5. The van der Waals surface area contributed by atoms with Gasteiger partial charge in [0.25, 0.3) is 0 Å². The molecule has 0 bridgehead atoms. The third-order valence-electron chi connectivity index (χ3n) is 4.94. The number of ketones is 1. The number of aromatic nitrogens is 1. The zero-order chi connectivity index (χ0) is 22.9. The summed E-state index contributed by atoms with van der Waals surface area (Å²) >= 11 is 6.02. The van der Waals surface area contributed by atoms with E-state index >= 15 is 0 Å². The van der Waals surface area contributed by atoms with Gasteiger partial charge in [0, 0.05) is 28.9 Å². The van der Waals surface area contributed by atoms with Crippen molar-refractivity contribution in [2.75, 3.05) is 12.9 Å².